The SMILES string of the molecule is COC[C@H]1O[C@@H](n2cc(C)c(=O)[nH]c2=S)[C@H](O)[C@@H]1O. The topological polar surface area (TPSA) is 96.7 Å². The zero-order valence-electron chi connectivity index (χ0n) is 10.6. The van der Waals surface area contributed by atoms with Gasteiger partial charge in [-0.2, -0.15) is 0 Å². The van der Waals surface area contributed by atoms with Crippen molar-refractivity contribution in [2.75, 3.05) is 13.7 Å². The molecule has 1 aromatic rings. The van der Waals surface area contributed by atoms with Gasteiger partial charge >= 0.3 is 0 Å². The van der Waals surface area contributed by atoms with E-state index in [1.54, 1.807) is 6.92 Å². The second-order valence-corrected chi connectivity index (χ2v) is 4.87. The third kappa shape index (κ3) is 2.63. The Bertz CT molecular complexity index is 569. The van der Waals surface area contributed by atoms with Gasteiger partial charge in [0.2, 0.25) is 0 Å². The zero-order chi connectivity index (χ0) is 14.2. The number of aryl methyl sites for hydroxylation is 1. The molecule has 1 aliphatic heterocycles. The van der Waals surface area contributed by atoms with E-state index in [-0.39, 0.29) is 16.9 Å². The van der Waals surface area contributed by atoms with E-state index in [1.807, 2.05) is 0 Å². The molecule has 8 heteroatoms. The molecule has 0 aromatic carbocycles. The minimum Gasteiger partial charge on any atom is -0.387 e. The van der Waals surface area contributed by atoms with Crippen LogP contribution in [0.1, 0.15) is 11.8 Å². The average molecular weight is 288 g/mol. The number of nitrogens with zero attached hydrogens (tertiary/aromatic N) is 1. The number of methoxy groups -OCH3 is 1. The van der Waals surface area contributed by atoms with E-state index < -0.39 is 24.5 Å². The van der Waals surface area contributed by atoms with Crippen molar-refractivity contribution in [2.24, 2.45) is 0 Å². The molecule has 19 heavy (non-hydrogen) atoms. The molecule has 0 unspecified atom stereocenters. The number of aliphatic hydroxyl groups is 2. The first-order valence-electron chi connectivity index (χ1n) is 5.78. The Hall–Kier alpha value is -1.06. The number of hydrogen-bond acceptors (Lipinski definition) is 6. The molecule has 0 radical (unpaired) electrons. The fraction of sp³-hybridized carbons (Fsp3) is 0.636. The van der Waals surface area contributed by atoms with Crippen LogP contribution in [-0.2, 0) is 9.47 Å². The smallest absolute Gasteiger partial charge is 0.254 e. The summed E-state index contributed by atoms with van der Waals surface area (Å²) in [5, 5.41) is 19.9. The lowest BCUT2D eigenvalue weighted by molar-refractivity contribution is -0.0607. The summed E-state index contributed by atoms with van der Waals surface area (Å²) in [6.07, 6.45) is -2.20. The Labute approximate surface area is 114 Å². The minimum atomic E-state index is -1.14. The summed E-state index contributed by atoms with van der Waals surface area (Å²) in [5.41, 5.74) is 0.150. The summed E-state index contributed by atoms with van der Waals surface area (Å²) in [5.74, 6) is 0. The number of nitrogens with one attached hydrogen (secondary N) is 1. The molecule has 4 atom stereocenters. The number of aromatic nitrogens is 2. The van der Waals surface area contributed by atoms with Crippen molar-refractivity contribution in [3.63, 3.8) is 0 Å². The Morgan fingerprint density at radius 2 is 2.21 bits per heavy atom. The predicted molar refractivity (Wildman–Crippen MR) is 68.4 cm³/mol. The molecule has 0 saturated carbocycles. The number of hydrogen-bond donors (Lipinski definition) is 3. The van der Waals surface area contributed by atoms with Gasteiger partial charge in [0.1, 0.15) is 18.3 Å². The maximum absolute atomic E-state index is 11.4. The molecule has 0 amide bonds. The van der Waals surface area contributed by atoms with Crippen LogP contribution in [0.5, 0.6) is 0 Å². The molecule has 0 aliphatic carbocycles. The summed E-state index contributed by atoms with van der Waals surface area (Å²) in [4.78, 5) is 13.9. The molecule has 0 bridgehead atoms. The second-order valence-electron chi connectivity index (χ2n) is 4.48. The largest absolute Gasteiger partial charge is 0.387 e. The molecule has 106 valence electrons. The number of H-pyrrole nitrogens is 1. The van der Waals surface area contributed by atoms with Gasteiger partial charge in [0.25, 0.3) is 5.56 Å². The van der Waals surface area contributed by atoms with Crippen molar-refractivity contribution >= 4 is 12.2 Å². The van der Waals surface area contributed by atoms with Gasteiger partial charge in [-0.3, -0.25) is 14.3 Å². The molecule has 1 saturated heterocycles. The molecule has 1 fully saturated rings. The van der Waals surface area contributed by atoms with Crippen molar-refractivity contribution < 1.29 is 19.7 Å². The first-order valence-corrected chi connectivity index (χ1v) is 6.19. The Morgan fingerprint density at radius 1 is 1.53 bits per heavy atom. The van der Waals surface area contributed by atoms with Crippen LogP contribution in [0.15, 0.2) is 11.0 Å². The van der Waals surface area contributed by atoms with Crippen LogP contribution in [0, 0.1) is 11.7 Å². The van der Waals surface area contributed by atoms with E-state index in [2.05, 4.69) is 4.98 Å². The molecule has 2 heterocycles. The highest BCUT2D eigenvalue weighted by Gasteiger charge is 2.43. The van der Waals surface area contributed by atoms with Crippen LogP contribution in [0.25, 0.3) is 0 Å². The zero-order valence-corrected chi connectivity index (χ0v) is 11.4. The van der Waals surface area contributed by atoms with Crippen LogP contribution < -0.4 is 5.56 Å². The number of ether oxygens (including phenoxy) is 2. The highest BCUT2D eigenvalue weighted by molar-refractivity contribution is 7.71. The van der Waals surface area contributed by atoms with Crippen LogP contribution in [0.2, 0.25) is 0 Å². The van der Waals surface area contributed by atoms with Gasteiger partial charge in [0.05, 0.1) is 6.61 Å². The van der Waals surface area contributed by atoms with Crippen molar-refractivity contribution in [1.82, 2.24) is 9.55 Å². The van der Waals surface area contributed by atoms with E-state index in [0.717, 1.165) is 0 Å². The van der Waals surface area contributed by atoms with Gasteiger partial charge in [-0.15, -0.1) is 0 Å². The summed E-state index contributed by atoms with van der Waals surface area (Å²) in [6.45, 7) is 1.78. The van der Waals surface area contributed by atoms with Gasteiger partial charge < -0.3 is 19.7 Å². The lowest BCUT2D eigenvalue weighted by Crippen LogP contribution is -2.34. The van der Waals surface area contributed by atoms with Crippen LogP contribution >= 0.6 is 12.2 Å². The number of aromatic amines is 1. The van der Waals surface area contributed by atoms with Gasteiger partial charge in [-0.1, -0.05) is 0 Å². The molecule has 2 rings (SSSR count). The maximum Gasteiger partial charge on any atom is 0.254 e. The number of aliphatic hydroxyl groups excluding tert-OH is 2. The highest BCUT2D eigenvalue weighted by Crippen LogP contribution is 2.29. The Kier molecular flexibility index (Phi) is 4.16. The molecule has 1 aliphatic rings. The summed E-state index contributed by atoms with van der Waals surface area (Å²) >= 11 is 5.03. The molecule has 3 N–H and O–H groups in total. The standard InChI is InChI=1S/C11H16N2O5S/c1-5-3-13(11(19)12-9(5)16)10-8(15)7(14)6(18-10)4-17-2/h3,6-8,10,14-15H,4H2,1-2H3,(H,12,16,19)/t6-,7-,8-,10-/m1/s1. The van der Waals surface area contributed by atoms with Crippen molar-refractivity contribution in [3.8, 4) is 0 Å². The first-order chi connectivity index (χ1) is 8.95. The van der Waals surface area contributed by atoms with Crippen molar-refractivity contribution in [2.45, 2.75) is 31.5 Å². The van der Waals surface area contributed by atoms with Gasteiger partial charge in [0.15, 0.2) is 11.0 Å². The lowest BCUT2D eigenvalue weighted by atomic mass is 10.1. The molecule has 0 spiro atoms. The quantitative estimate of drug-likeness (QED) is 0.648. The second kappa shape index (κ2) is 5.51. The average Bonchev–Trinajstić information content (AvgIpc) is 2.63. The molecular formula is C11H16N2O5S. The molecule has 7 nitrogen and oxygen atoms in total. The fourth-order valence-electron chi connectivity index (χ4n) is 2.04. The maximum atomic E-state index is 11.4. The Morgan fingerprint density at radius 3 is 2.84 bits per heavy atom. The van der Waals surface area contributed by atoms with Crippen LogP contribution in [-0.4, -0.2) is 51.8 Å². The van der Waals surface area contributed by atoms with Crippen LogP contribution in [0.4, 0.5) is 0 Å². The van der Waals surface area contributed by atoms with Crippen LogP contribution in [0.3, 0.4) is 0 Å². The molecule has 1 aromatic heterocycles. The van der Waals surface area contributed by atoms with E-state index >= 15 is 0 Å². The third-order valence-corrected chi connectivity index (χ3v) is 3.40. The number of rotatable bonds is 3. The fourth-order valence-corrected chi connectivity index (χ4v) is 2.29. The van der Waals surface area contributed by atoms with Gasteiger partial charge in [-0.05, 0) is 19.1 Å². The first kappa shape index (κ1) is 14.4. The molecular weight excluding hydrogens is 272 g/mol. The summed E-state index contributed by atoms with van der Waals surface area (Å²) in [6, 6.07) is 0. The van der Waals surface area contributed by atoms with Gasteiger partial charge in [0, 0.05) is 18.9 Å². The van der Waals surface area contributed by atoms with Crippen molar-refractivity contribution in [3.05, 3.63) is 26.9 Å². The predicted octanol–water partition coefficient (Wildman–Crippen LogP) is -0.520. The van der Waals surface area contributed by atoms with Crippen molar-refractivity contribution in [1.29, 1.82) is 0 Å². The normalized spacial score (nSPS) is 30.7. The van der Waals surface area contributed by atoms with E-state index in [0.29, 0.717) is 5.56 Å². The van der Waals surface area contributed by atoms with E-state index in [4.69, 9.17) is 21.7 Å². The van der Waals surface area contributed by atoms with E-state index in [1.165, 1.54) is 17.9 Å². The van der Waals surface area contributed by atoms with Gasteiger partial charge in [-0.25, -0.2) is 0 Å². The van der Waals surface area contributed by atoms with E-state index in [9.17, 15) is 15.0 Å². The highest BCUT2D eigenvalue weighted by atomic mass is 32.1. The summed E-state index contributed by atoms with van der Waals surface area (Å²) in [7, 11) is 1.48. The summed E-state index contributed by atoms with van der Waals surface area (Å²) < 4.78 is 12.0. The lowest BCUT2D eigenvalue weighted by Gasteiger charge is -2.18. The third-order valence-electron chi connectivity index (χ3n) is 3.09. The Balaban J connectivity index is 2.35. The minimum absolute atomic E-state index is 0.130. The monoisotopic (exact) mass is 288 g/mol.